The van der Waals surface area contributed by atoms with E-state index in [-0.39, 0.29) is 0 Å². The van der Waals surface area contributed by atoms with Gasteiger partial charge in [0.05, 0.1) is 17.6 Å². The normalized spacial score (nSPS) is 11.6. The number of imidazole rings is 1. The van der Waals surface area contributed by atoms with E-state index in [9.17, 15) is 18.0 Å². The molecule has 0 aliphatic rings. The quantitative estimate of drug-likeness (QED) is 0.549. The van der Waals surface area contributed by atoms with Crippen LogP contribution in [-0.2, 0) is 0 Å². The molecule has 0 saturated heterocycles. The number of urea groups is 1. The summed E-state index contributed by atoms with van der Waals surface area (Å²) < 4.78 is 40.1. The number of hydrogen-bond acceptors (Lipinski definition) is 4. The number of carbonyl (C=O) groups excluding carboxylic acids is 1. The molecule has 148 valence electrons. The molecule has 4 aromatic rings. The lowest BCUT2D eigenvalue weighted by Gasteiger charge is -2.11. The maximum Gasteiger partial charge on any atom is 0.405 e. The van der Waals surface area contributed by atoms with E-state index in [0.29, 0.717) is 11.3 Å². The van der Waals surface area contributed by atoms with Crippen molar-refractivity contribution in [2.75, 3.05) is 11.9 Å². The largest absolute Gasteiger partial charge is 0.405 e. The van der Waals surface area contributed by atoms with Crippen molar-refractivity contribution in [3.8, 4) is 16.9 Å². The number of nitrogens with zero attached hydrogens (tertiary/aromatic N) is 5. The minimum absolute atomic E-state index is 0.358. The SMILES string of the molecule is O=C(NCC(F)(F)F)Nc1cccc(-c2cnc3cc(-n4cncn4)ccn23)c1. The van der Waals surface area contributed by atoms with Gasteiger partial charge in [-0.1, -0.05) is 12.1 Å². The van der Waals surface area contributed by atoms with Crippen LogP contribution in [0.1, 0.15) is 0 Å². The first kappa shape index (κ1) is 18.5. The second kappa shape index (κ2) is 7.26. The molecule has 0 radical (unpaired) electrons. The Labute approximate surface area is 162 Å². The minimum Gasteiger partial charge on any atom is -0.329 e. The van der Waals surface area contributed by atoms with Crippen molar-refractivity contribution < 1.29 is 18.0 Å². The zero-order valence-corrected chi connectivity index (χ0v) is 14.8. The van der Waals surface area contributed by atoms with Crippen molar-refractivity contribution in [2.45, 2.75) is 6.18 Å². The molecule has 2 amide bonds. The van der Waals surface area contributed by atoms with E-state index in [0.717, 1.165) is 16.9 Å². The zero-order chi connectivity index (χ0) is 20.4. The molecule has 0 fully saturated rings. The summed E-state index contributed by atoms with van der Waals surface area (Å²) in [4.78, 5) is 20.0. The number of alkyl halides is 3. The van der Waals surface area contributed by atoms with Crippen molar-refractivity contribution in [1.82, 2.24) is 29.5 Å². The molecule has 0 aliphatic heterocycles. The predicted molar refractivity (Wildman–Crippen MR) is 98.6 cm³/mol. The van der Waals surface area contributed by atoms with Crippen LogP contribution < -0.4 is 10.6 Å². The van der Waals surface area contributed by atoms with E-state index in [4.69, 9.17) is 0 Å². The van der Waals surface area contributed by atoms with Crippen molar-refractivity contribution in [2.24, 2.45) is 0 Å². The Morgan fingerprint density at radius 1 is 1.17 bits per heavy atom. The molecular weight excluding hydrogens is 387 g/mol. The number of hydrogen-bond donors (Lipinski definition) is 2. The fraction of sp³-hybridized carbons (Fsp3) is 0.111. The zero-order valence-electron chi connectivity index (χ0n) is 14.8. The summed E-state index contributed by atoms with van der Waals surface area (Å²) in [6.45, 7) is -1.40. The number of nitrogens with one attached hydrogen (secondary N) is 2. The Bertz CT molecular complexity index is 1150. The molecule has 3 aromatic heterocycles. The number of amides is 2. The fourth-order valence-electron chi connectivity index (χ4n) is 2.78. The highest BCUT2D eigenvalue weighted by molar-refractivity contribution is 5.90. The highest BCUT2D eigenvalue weighted by Crippen LogP contribution is 2.24. The standard InChI is InChI=1S/C18H14F3N7O/c19-18(20,21)9-24-17(29)26-13-3-1-2-12(6-13)15-8-23-16-7-14(4-5-27(15)16)28-11-22-10-25-28/h1-8,10-11H,9H2,(H2,24,26,29). The Hall–Kier alpha value is -3.89. The van der Waals surface area contributed by atoms with Gasteiger partial charge in [-0.05, 0) is 18.2 Å². The molecular formula is C18H14F3N7O. The number of aromatic nitrogens is 5. The van der Waals surface area contributed by atoms with Crippen LogP contribution in [0.2, 0.25) is 0 Å². The molecule has 8 nitrogen and oxygen atoms in total. The molecule has 0 saturated carbocycles. The molecule has 0 unspecified atom stereocenters. The summed E-state index contributed by atoms with van der Waals surface area (Å²) in [5.41, 5.74) is 3.32. The van der Waals surface area contributed by atoms with Crippen LogP contribution >= 0.6 is 0 Å². The number of pyridine rings is 1. The highest BCUT2D eigenvalue weighted by atomic mass is 19.4. The number of anilines is 1. The Morgan fingerprint density at radius 2 is 2.03 bits per heavy atom. The van der Waals surface area contributed by atoms with Gasteiger partial charge < -0.3 is 10.6 Å². The average Bonchev–Trinajstić information content (AvgIpc) is 3.35. The van der Waals surface area contributed by atoms with Crippen LogP contribution in [0.5, 0.6) is 0 Å². The minimum atomic E-state index is -4.47. The van der Waals surface area contributed by atoms with Gasteiger partial charge in [-0.3, -0.25) is 4.40 Å². The number of fused-ring (bicyclic) bond motifs is 1. The summed E-state index contributed by atoms with van der Waals surface area (Å²) in [6.07, 6.45) is 2.04. The topological polar surface area (TPSA) is 89.1 Å². The maximum atomic E-state index is 12.2. The first-order valence-electron chi connectivity index (χ1n) is 8.43. The second-order valence-electron chi connectivity index (χ2n) is 6.10. The summed E-state index contributed by atoms with van der Waals surface area (Å²) >= 11 is 0. The Kier molecular flexibility index (Phi) is 4.63. The smallest absolute Gasteiger partial charge is 0.329 e. The summed E-state index contributed by atoms with van der Waals surface area (Å²) in [5.74, 6) is 0. The van der Waals surface area contributed by atoms with Gasteiger partial charge in [0, 0.05) is 23.5 Å². The molecule has 0 atom stereocenters. The van der Waals surface area contributed by atoms with E-state index in [1.165, 1.54) is 6.33 Å². The van der Waals surface area contributed by atoms with Gasteiger partial charge in [0.25, 0.3) is 0 Å². The first-order valence-corrected chi connectivity index (χ1v) is 8.43. The van der Waals surface area contributed by atoms with E-state index in [1.807, 2.05) is 28.8 Å². The van der Waals surface area contributed by atoms with E-state index in [1.54, 1.807) is 40.7 Å². The summed E-state index contributed by atoms with van der Waals surface area (Å²) in [7, 11) is 0. The molecule has 4 rings (SSSR count). The number of halogens is 3. The molecule has 3 heterocycles. The van der Waals surface area contributed by atoms with E-state index >= 15 is 0 Å². The lowest BCUT2D eigenvalue weighted by Crippen LogP contribution is -2.36. The van der Waals surface area contributed by atoms with Gasteiger partial charge in [0.1, 0.15) is 24.8 Å². The van der Waals surface area contributed by atoms with Crippen molar-refractivity contribution in [3.05, 3.63) is 61.4 Å². The number of benzene rings is 1. The number of rotatable bonds is 4. The van der Waals surface area contributed by atoms with Crippen LogP contribution in [0, 0.1) is 0 Å². The van der Waals surface area contributed by atoms with E-state index < -0.39 is 18.8 Å². The lowest BCUT2D eigenvalue weighted by atomic mass is 10.1. The third kappa shape index (κ3) is 4.18. The van der Waals surface area contributed by atoms with E-state index in [2.05, 4.69) is 20.4 Å². The highest BCUT2D eigenvalue weighted by Gasteiger charge is 2.27. The predicted octanol–water partition coefficient (Wildman–Crippen LogP) is 3.27. The van der Waals surface area contributed by atoms with Gasteiger partial charge in [-0.15, -0.1) is 0 Å². The van der Waals surface area contributed by atoms with Crippen molar-refractivity contribution >= 4 is 17.4 Å². The van der Waals surface area contributed by atoms with Crippen molar-refractivity contribution in [1.29, 1.82) is 0 Å². The molecule has 0 spiro atoms. The molecule has 29 heavy (non-hydrogen) atoms. The number of carbonyl (C=O) groups is 1. The molecule has 0 bridgehead atoms. The Balaban J connectivity index is 1.56. The van der Waals surface area contributed by atoms with Gasteiger partial charge in [-0.25, -0.2) is 19.4 Å². The summed E-state index contributed by atoms with van der Waals surface area (Å²) in [6, 6.07) is 9.50. The monoisotopic (exact) mass is 401 g/mol. The third-order valence-electron chi connectivity index (χ3n) is 4.05. The van der Waals surface area contributed by atoms with Crippen LogP contribution in [0.4, 0.5) is 23.7 Å². The molecule has 1 aromatic carbocycles. The van der Waals surface area contributed by atoms with Gasteiger partial charge >= 0.3 is 12.2 Å². The average molecular weight is 401 g/mol. The van der Waals surface area contributed by atoms with Gasteiger partial charge in [0.2, 0.25) is 0 Å². The van der Waals surface area contributed by atoms with Crippen LogP contribution in [0.3, 0.4) is 0 Å². The van der Waals surface area contributed by atoms with Crippen LogP contribution in [0.15, 0.2) is 61.4 Å². The van der Waals surface area contributed by atoms with Gasteiger partial charge in [-0.2, -0.15) is 18.3 Å². The molecule has 0 aliphatic carbocycles. The maximum absolute atomic E-state index is 12.2. The fourth-order valence-corrected chi connectivity index (χ4v) is 2.78. The second-order valence-corrected chi connectivity index (χ2v) is 6.10. The third-order valence-corrected chi connectivity index (χ3v) is 4.05. The molecule has 2 N–H and O–H groups in total. The lowest BCUT2D eigenvalue weighted by molar-refractivity contribution is -0.122. The molecule has 11 heteroatoms. The summed E-state index contributed by atoms with van der Waals surface area (Å²) in [5, 5.41) is 8.24. The van der Waals surface area contributed by atoms with Crippen molar-refractivity contribution in [3.63, 3.8) is 0 Å². The van der Waals surface area contributed by atoms with Gasteiger partial charge in [0.15, 0.2) is 0 Å². The van der Waals surface area contributed by atoms with Crippen LogP contribution in [-0.4, -0.2) is 42.9 Å². The first-order chi connectivity index (χ1) is 13.9. The Morgan fingerprint density at radius 3 is 2.79 bits per heavy atom. The van der Waals surface area contributed by atoms with Crippen LogP contribution in [0.25, 0.3) is 22.6 Å².